The number of nitrogens with one attached hydrogen (secondary N) is 2. The van der Waals surface area contributed by atoms with Crippen molar-refractivity contribution in [1.82, 2.24) is 20.4 Å². The summed E-state index contributed by atoms with van der Waals surface area (Å²) in [5.74, 6) is 1.71. The van der Waals surface area contributed by atoms with E-state index in [1.165, 1.54) is 32.5 Å². The first kappa shape index (κ1) is 21.2. The second-order valence-corrected chi connectivity index (χ2v) is 7.61. The average molecular weight is 340 g/mol. The zero-order valence-electron chi connectivity index (χ0n) is 16.9. The van der Waals surface area contributed by atoms with Gasteiger partial charge in [-0.3, -0.25) is 9.89 Å². The van der Waals surface area contributed by atoms with Gasteiger partial charge in [0.25, 0.3) is 0 Å². The predicted molar refractivity (Wildman–Crippen MR) is 106 cm³/mol. The van der Waals surface area contributed by atoms with Crippen molar-refractivity contribution in [3.63, 3.8) is 0 Å². The molecular weight excluding hydrogens is 298 g/mol. The molecule has 5 nitrogen and oxygen atoms in total. The van der Waals surface area contributed by atoms with Gasteiger partial charge in [-0.1, -0.05) is 6.92 Å². The second kappa shape index (κ2) is 11.7. The van der Waals surface area contributed by atoms with E-state index in [-0.39, 0.29) is 0 Å². The van der Waals surface area contributed by atoms with Gasteiger partial charge in [0, 0.05) is 45.3 Å². The van der Waals surface area contributed by atoms with Gasteiger partial charge < -0.3 is 15.5 Å². The molecule has 0 bridgehead atoms. The molecular formula is C19H41N5. The largest absolute Gasteiger partial charge is 0.356 e. The van der Waals surface area contributed by atoms with Crippen molar-refractivity contribution >= 4 is 5.96 Å². The summed E-state index contributed by atoms with van der Waals surface area (Å²) >= 11 is 0. The van der Waals surface area contributed by atoms with Gasteiger partial charge in [0.05, 0.1) is 0 Å². The summed E-state index contributed by atoms with van der Waals surface area (Å²) in [7, 11) is 1.86. The van der Waals surface area contributed by atoms with E-state index >= 15 is 0 Å². The molecule has 1 rings (SSSR count). The van der Waals surface area contributed by atoms with Crippen molar-refractivity contribution in [3.05, 3.63) is 0 Å². The zero-order valence-corrected chi connectivity index (χ0v) is 16.9. The number of aliphatic imine (C=N–C) groups is 1. The lowest BCUT2D eigenvalue weighted by Crippen LogP contribution is -2.42. The molecule has 0 aliphatic carbocycles. The van der Waals surface area contributed by atoms with Crippen LogP contribution in [0, 0.1) is 5.92 Å². The van der Waals surface area contributed by atoms with Gasteiger partial charge in [-0.05, 0) is 66.0 Å². The number of nitrogens with zero attached hydrogens (tertiary/aromatic N) is 3. The standard InChI is InChI=1S/C19H41N5/c1-7-11-23-13-9-18(15-23)14-22-19(20-6)21-10-8-12-24(16(2)3)17(4)5/h16-18H,7-15H2,1-6H3,(H2,20,21,22). The van der Waals surface area contributed by atoms with E-state index in [0.717, 1.165) is 37.9 Å². The minimum Gasteiger partial charge on any atom is -0.356 e. The van der Waals surface area contributed by atoms with Crippen LogP contribution in [0.3, 0.4) is 0 Å². The normalized spacial score (nSPS) is 19.7. The SMILES string of the molecule is CCCN1CCC(CNC(=NC)NCCCN(C(C)C)C(C)C)C1. The third-order valence-electron chi connectivity index (χ3n) is 4.90. The molecule has 0 aromatic rings. The minimum absolute atomic E-state index is 0.607. The average Bonchev–Trinajstić information content (AvgIpc) is 2.97. The summed E-state index contributed by atoms with van der Waals surface area (Å²) in [4.78, 5) is 9.48. The molecule has 1 atom stereocenters. The van der Waals surface area contributed by atoms with Crippen LogP contribution in [0.2, 0.25) is 0 Å². The molecule has 1 fully saturated rings. The van der Waals surface area contributed by atoms with Crippen molar-refractivity contribution in [2.24, 2.45) is 10.9 Å². The molecule has 2 N–H and O–H groups in total. The molecule has 0 amide bonds. The fourth-order valence-electron chi connectivity index (χ4n) is 3.64. The zero-order chi connectivity index (χ0) is 17.9. The van der Waals surface area contributed by atoms with Gasteiger partial charge >= 0.3 is 0 Å². The van der Waals surface area contributed by atoms with Crippen LogP contribution in [0.5, 0.6) is 0 Å². The Kier molecular flexibility index (Phi) is 10.3. The van der Waals surface area contributed by atoms with Crippen LogP contribution in [0.25, 0.3) is 0 Å². The number of hydrogen-bond acceptors (Lipinski definition) is 3. The highest BCUT2D eigenvalue weighted by molar-refractivity contribution is 5.79. The maximum Gasteiger partial charge on any atom is 0.190 e. The molecule has 0 spiro atoms. The van der Waals surface area contributed by atoms with Crippen LogP contribution in [-0.4, -0.2) is 74.2 Å². The Labute approximate surface area is 150 Å². The molecule has 5 heteroatoms. The van der Waals surface area contributed by atoms with E-state index in [0.29, 0.717) is 12.1 Å². The van der Waals surface area contributed by atoms with Crippen LogP contribution in [0.4, 0.5) is 0 Å². The topological polar surface area (TPSA) is 42.9 Å². The van der Waals surface area contributed by atoms with Crippen molar-refractivity contribution in [2.75, 3.05) is 46.3 Å². The monoisotopic (exact) mass is 339 g/mol. The van der Waals surface area contributed by atoms with Crippen molar-refractivity contribution in [3.8, 4) is 0 Å². The molecule has 1 unspecified atom stereocenters. The number of likely N-dealkylation sites (tertiary alicyclic amines) is 1. The summed E-state index contributed by atoms with van der Waals surface area (Å²) in [5, 5.41) is 6.97. The van der Waals surface area contributed by atoms with E-state index in [9.17, 15) is 0 Å². The summed E-state index contributed by atoms with van der Waals surface area (Å²) in [6.07, 6.45) is 3.71. The second-order valence-electron chi connectivity index (χ2n) is 7.61. The molecule has 0 aromatic heterocycles. The highest BCUT2D eigenvalue weighted by atomic mass is 15.2. The summed E-state index contributed by atoms with van der Waals surface area (Å²) in [6.45, 7) is 18.2. The Morgan fingerprint density at radius 2 is 1.92 bits per heavy atom. The van der Waals surface area contributed by atoms with Gasteiger partial charge in [0.2, 0.25) is 0 Å². The van der Waals surface area contributed by atoms with E-state index < -0.39 is 0 Å². The summed E-state index contributed by atoms with van der Waals surface area (Å²) in [6, 6.07) is 1.21. The summed E-state index contributed by atoms with van der Waals surface area (Å²) in [5.41, 5.74) is 0. The van der Waals surface area contributed by atoms with Crippen LogP contribution in [0.15, 0.2) is 4.99 Å². The third kappa shape index (κ3) is 7.84. The maximum absolute atomic E-state index is 4.36. The van der Waals surface area contributed by atoms with E-state index in [2.05, 4.69) is 60.0 Å². The maximum atomic E-state index is 4.36. The molecule has 1 aliphatic heterocycles. The Morgan fingerprint density at radius 1 is 1.21 bits per heavy atom. The van der Waals surface area contributed by atoms with Crippen molar-refractivity contribution in [2.45, 2.75) is 66.0 Å². The van der Waals surface area contributed by atoms with E-state index in [1.807, 2.05) is 7.05 Å². The molecule has 142 valence electrons. The highest BCUT2D eigenvalue weighted by Crippen LogP contribution is 2.15. The molecule has 0 aromatic carbocycles. The van der Waals surface area contributed by atoms with Crippen LogP contribution in [0.1, 0.15) is 53.9 Å². The molecule has 1 heterocycles. The number of rotatable bonds is 10. The number of hydrogen-bond donors (Lipinski definition) is 2. The molecule has 0 radical (unpaired) electrons. The van der Waals surface area contributed by atoms with Gasteiger partial charge in [-0.25, -0.2) is 0 Å². The van der Waals surface area contributed by atoms with Gasteiger partial charge in [-0.15, -0.1) is 0 Å². The molecule has 24 heavy (non-hydrogen) atoms. The van der Waals surface area contributed by atoms with Gasteiger partial charge in [-0.2, -0.15) is 0 Å². The molecule has 1 aliphatic rings. The molecule has 1 saturated heterocycles. The first-order chi connectivity index (χ1) is 11.5. The smallest absolute Gasteiger partial charge is 0.190 e. The van der Waals surface area contributed by atoms with E-state index in [1.54, 1.807) is 0 Å². The Hall–Kier alpha value is -0.810. The Balaban J connectivity index is 2.19. The fourth-order valence-corrected chi connectivity index (χ4v) is 3.64. The first-order valence-corrected chi connectivity index (χ1v) is 9.90. The predicted octanol–water partition coefficient (Wildman–Crippen LogP) is 2.39. The van der Waals surface area contributed by atoms with Crippen molar-refractivity contribution in [1.29, 1.82) is 0 Å². The third-order valence-corrected chi connectivity index (χ3v) is 4.90. The Bertz CT molecular complexity index is 346. The Morgan fingerprint density at radius 3 is 2.50 bits per heavy atom. The molecule has 0 saturated carbocycles. The van der Waals surface area contributed by atoms with E-state index in [4.69, 9.17) is 0 Å². The highest BCUT2D eigenvalue weighted by Gasteiger charge is 2.21. The van der Waals surface area contributed by atoms with Gasteiger partial charge in [0.1, 0.15) is 0 Å². The van der Waals surface area contributed by atoms with Crippen LogP contribution in [-0.2, 0) is 0 Å². The quantitative estimate of drug-likeness (QED) is 0.364. The lowest BCUT2D eigenvalue weighted by atomic mass is 10.1. The minimum atomic E-state index is 0.607. The van der Waals surface area contributed by atoms with Crippen LogP contribution < -0.4 is 10.6 Å². The van der Waals surface area contributed by atoms with Crippen LogP contribution >= 0.6 is 0 Å². The summed E-state index contributed by atoms with van der Waals surface area (Å²) < 4.78 is 0. The number of guanidine groups is 1. The van der Waals surface area contributed by atoms with Gasteiger partial charge in [0.15, 0.2) is 5.96 Å². The lowest BCUT2D eigenvalue weighted by molar-refractivity contribution is 0.173. The van der Waals surface area contributed by atoms with Crippen molar-refractivity contribution < 1.29 is 0 Å². The fraction of sp³-hybridized carbons (Fsp3) is 0.947. The first-order valence-electron chi connectivity index (χ1n) is 9.90. The lowest BCUT2D eigenvalue weighted by Gasteiger charge is -2.30.